The number of likely N-dealkylation sites (tertiary alicyclic amines) is 1. The number of carbonyl (C=O) groups excluding carboxylic acids is 2. The van der Waals surface area contributed by atoms with Gasteiger partial charge in [-0.3, -0.25) is 14.6 Å². The second kappa shape index (κ2) is 9.00. The van der Waals surface area contributed by atoms with Crippen LogP contribution >= 0.6 is 11.6 Å². The Hall–Kier alpha value is -2.40. The summed E-state index contributed by atoms with van der Waals surface area (Å²) in [6, 6.07) is 13.9. The van der Waals surface area contributed by atoms with Crippen LogP contribution in [-0.4, -0.2) is 41.3 Å². The summed E-state index contributed by atoms with van der Waals surface area (Å²) < 4.78 is 0. The SMILES string of the molecule is CC(=O)NCC(=O)N1CCC[C@@H](c2cccc(Cc3ccc(Cl)cc3)n2)C1. The molecule has 0 unspecified atom stereocenters. The van der Waals surface area contributed by atoms with Gasteiger partial charge in [-0.2, -0.15) is 0 Å². The van der Waals surface area contributed by atoms with E-state index in [0.29, 0.717) is 6.54 Å². The third kappa shape index (κ3) is 5.54. The lowest BCUT2D eigenvalue weighted by atomic mass is 9.93. The molecular weight excluding hydrogens is 362 g/mol. The van der Waals surface area contributed by atoms with E-state index in [0.717, 1.165) is 42.2 Å². The van der Waals surface area contributed by atoms with Crippen LogP contribution in [0, 0.1) is 0 Å². The van der Waals surface area contributed by atoms with E-state index in [2.05, 4.69) is 5.32 Å². The summed E-state index contributed by atoms with van der Waals surface area (Å²) in [5, 5.41) is 3.31. The largest absolute Gasteiger partial charge is 0.347 e. The Morgan fingerprint density at radius 1 is 1.22 bits per heavy atom. The highest BCUT2D eigenvalue weighted by Crippen LogP contribution is 2.26. The van der Waals surface area contributed by atoms with E-state index in [1.165, 1.54) is 12.5 Å². The summed E-state index contributed by atoms with van der Waals surface area (Å²) in [4.78, 5) is 30.0. The first-order chi connectivity index (χ1) is 13.0. The molecule has 1 atom stereocenters. The number of pyridine rings is 1. The van der Waals surface area contributed by atoms with Gasteiger partial charge in [-0.1, -0.05) is 29.8 Å². The van der Waals surface area contributed by atoms with Crippen LogP contribution in [0.25, 0.3) is 0 Å². The van der Waals surface area contributed by atoms with Crippen LogP contribution in [0.15, 0.2) is 42.5 Å². The predicted molar refractivity (Wildman–Crippen MR) is 106 cm³/mol. The van der Waals surface area contributed by atoms with E-state index < -0.39 is 0 Å². The van der Waals surface area contributed by atoms with E-state index in [4.69, 9.17) is 16.6 Å². The van der Waals surface area contributed by atoms with Gasteiger partial charge in [0.1, 0.15) is 0 Å². The zero-order valence-electron chi connectivity index (χ0n) is 15.5. The Labute approximate surface area is 164 Å². The van der Waals surface area contributed by atoms with Crippen molar-refractivity contribution in [2.24, 2.45) is 0 Å². The molecule has 5 nitrogen and oxygen atoms in total. The lowest BCUT2D eigenvalue weighted by molar-refractivity contribution is -0.133. The normalized spacial score (nSPS) is 16.8. The molecule has 6 heteroatoms. The quantitative estimate of drug-likeness (QED) is 0.859. The van der Waals surface area contributed by atoms with Crippen molar-refractivity contribution in [1.29, 1.82) is 0 Å². The molecule has 1 aliphatic heterocycles. The van der Waals surface area contributed by atoms with Gasteiger partial charge >= 0.3 is 0 Å². The minimum Gasteiger partial charge on any atom is -0.347 e. The Bertz CT molecular complexity index is 807. The predicted octanol–water partition coefficient (Wildman–Crippen LogP) is 3.17. The van der Waals surface area contributed by atoms with Crippen LogP contribution in [-0.2, 0) is 16.0 Å². The Balaban J connectivity index is 1.66. The molecular formula is C21H24ClN3O2. The lowest BCUT2D eigenvalue weighted by Crippen LogP contribution is -2.44. The zero-order valence-corrected chi connectivity index (χ0v) is 16.2. The number of benzene rings is 1. The van der Waals surface area contributed by atoms with Crippen molar-refractivity contribution < 1.29 is 9.59 Å². The van der Waals surface area contributed by atoms with Gasteiger partial charge in [-0.15, -0.1) is 0 Å². The monoisotopic (exact) mass is 385 g/mol. The molecule has 0 aliphatic carbocycles. The standard InChI is InChI=1S/C21H24ClN3O2/c1-15(26)23-13-21(27)25-11-3-4-17(14-25)20-6-2-5-19(24-20)12-16-7-9-18(22)10-8-16/h2,5-10,17H,3-4,11-14H2,1H3,(H,23,26)/t17-/m1/s1. The molecule has 1 saturated heterocycles. The molecule has 3 rings (SSSR count). The highest BCUT2D eigenvalue weighted by molar-refractivity contribution is 6.30. The number of nitrogens with one attached hydrogen (secondary N) is 1. The number of hydrogen-bond donors (Lipinski definition) is 1. The number of amides is 2. The highest BCUT2D eigenvalue weighted by atomic mass is 35.5. The van der Waals surface area contributed by atoms with Gasteiger partial charge in [-0.05, 0) is 42.7 Å². The molecule has 0 radical (unpaired) electrons. The first kappa shape index (κ1) is 19.4. The van der Waals surface area contributed by atoms with Crippen molar-refractivity contribution in [1.82, 2.24) is 15.2 Å². The summed E-state index contributed by atoms with van der Waals surface area (Å²) in [5.74, 6) is 0.00546. The van der Waals surface area contributed by atoms with Gasteiger partial charge in [0.2, 0.25) is 11.8 Å². The third-order valence-electron chi connectivity index (χ3n) is 4.81. The second-order valence-corrected chi connectivity index (χ2v) is 7.38. The van der Waals surface area contributed by atoms with Crippen LogP contribution in [0.2, 0.25) is 5.02 Å². The van der Waals surface area contributed by atoms with Crippen molar-refractivity contribution in [2.75, 3.05) is 19.6 Å². The van der Waals surface area contributed by atoms with E-state index in [1.807, 2.05) is 47.4 Å². The summed E-state index contributed by atoms with van der Waals surface area (Å²) in [6.45, 7) is 2.86. The fraction of sp³-hybridized carbons (Fsp3) is 0.381. The molecule has 1 aromatic carbocycles. The number of aromatic nitrogens is 1. The first-order valence-electron chi connectivity index (χ1n) is 9.24. The average molecular weight is 386 g/mol. The van der Waals surface area contributed by atoms with Crippen LogP contribution in [0.5, 0.6) is 0 Å². The fourth-order valence-electron chi connectivity index (χ4n) is 3.39. The van der Waals surface area contributed by atoms with Crippen molar-refractivity contribution >= 4 is 23.4 Å². The van der Waals surface area contributed by atoms with Crippen LogP contribution in [0.1, 0.15) is 42.6 Å². The maximum absolute atomic E-state index is 12.3. The molecule has 1 aliphatic rings. The lowest BCUT2D eigenvalue weighted by Gasteiger charge is -2.32. The van der Waals surface area contributed by atoms with E-state index in [-0.39, 0.29) is 24.3 Å². The summed E-state index contributed by atoms with van der Waals surface area (Å²) in [7, 11) is 0. The van der Waals surface area contributed by atoms with Gasteiger partial charge < -0.3 is 10.2 Å². The molecule has 2 amide bonds. The molecule has 27 heavy (non-hydrogen) atoms. The molecule has 1 N–H and O–H groups in total. The number of halogens is 1. The van der Waals surface area contributed by atoms with Gasteiger partial charge in [0.15, 0.2) is 0 Å². The third-order valence-corrected chi connectivity index (χ3v) is 5.06. The minimum absolute atomic E-state index is 0.0350. The number of rotatable bonds is 5. The molecule has 1 aromatic heterocycles. The van der Waals surface area contributed by atoms with Crippen molar-refractivity contribution in [3.05, 3.63) is 64.4 Å². The van der Waals surface area contributed by atoms with Crippen LogP contribution in [0.3, 0.4) is 0 Å². The van der Waals surface area contributed by atoms with Gasteiger partial charge in [0.25, 0.3) is 0 Å². The van der Waals surface area contributed by atoms with Crippen molar-refractivity contribution in [3.63, 3.8) is 0 Å². The summed E-state index contributed by atoms with van der Waals surface area (Å²) >= 11 is 5.95. The second-order valence-electron chi connectivity index (χ2n) is 6.95. The number of nitrogens with zero attached hydrogens (tertiary/aromatic N) is 2. The maximum atomic E-state index is 12.3. The highest BCUT2D eigenvalue weighted by Gasteiger charge is 2.25. The van der Waals surface area contributed by atoms with Crippen LogP contribution in [0.4, 0.5) is 0 Å². The number of hydrogen-bond acceptors (Lipinski definition) is 3. The number of carbonyl (C=O) groups is 2. The Morgan fingerprint density at radius 3 is 2.74 bits per heavy atom. The molecule has 2 heterocycles. The summed E-state index contributed by atoms with van der Waals surface area (Å²) in [5.41, 5.74) is 3.20. The van der Waals surface area contributed by atoms with E-state index in [9.17, 15) is 9.59 Å². The molecule has 0 saturated carbocycles. The van der Waals surface area contributed by atoms with Gasteiger partial charge in [0.05, 0.1) is 6.54 Å². The zero-order chi connectivity index (χ0) is 19.2. The van der Waals surface area contributed by atoms with E-state index in [1.54, 1.807) is 0 Å². The molecule has 0 spiro atoms. The summed E-state index contributed by atoms with van der Waals surface area (Å²) in [6.07, 6.45) is 2.71. The molecule has 2 aromatic rings. The smallest absolute Gasteiger partial charge is 0.241 e. The molecule has 142 valence electrons. The number of piperidine rings is 1. The maximum Gasteiger partial charge on any atom is 0.241 e. The van der Waals surface area contributed by atoms with Crippen molar-refractivity contribution in [2.45, 2.75) is 32.1 Å². The molecule has 0 bridgehead atoms. The Morgan fingerprint density at radius 2 is 2.00 bits per heavy atom. The van der Waals surface area contributed by atoms with E-state index >= 15 is 0 Å². The van der Waals surface area contributed by atoms with Crippen LogP contribution < -0.4 is 5.32 Å². The van der Waals surface area contributed by atoms with Crippen molar-refractivity contribution in [3.8, 4) is 0 Å². The minimum atomic E-state index is -0.187. The Kier molecular flexibility index (Phi) is 6.45. The first-order valence-corrected chi connectivity index (χ1v) is 9.61. The molecule has 1 fully saturated rings. The fourth-order valence-corrected chi connectivity index (χ4v) is 3.52. The van der Waals surface area contributed by atoms with Gasteiger partial charge in [0, 0.05) is 48.8 Å². The average Bonchev–Trinajstić information content (AvgIpc) is 2.68. The van der Waals surface area contributed by atoms with Gasteiger partial charge in [-0.25, -0.2) is 0 Å². The topological polar surface area (TPSA) is 62.3 Å².